The predicted molar refractivity (Wildman–Crippen MR) is 47.0 cm³/mol. The minimum atomic E-state index is -0.913. The van der Waals surface area contributed by atoms with Gasteiger partial charge in [-0.3, -0.25) is 0 Å². The van der Waals surface area contributed by atoms with Gasteiger partial charge in [-0.25, -0.2) is 4.79 Å². The summed E-state index contributed by atoms with van der Waals surface area (Å²) in [5.74, 6) is -0.913. The molecule has 0 aromatic rings. The van der Waals surface area contributed by atoms with E-state index in [-0.39, 0.29) is 6.10 Å². The maximum absolute atomic E-state index is 10.4. The molecule has 0 amide bonds. The number of hydrogen-bond donors (Lipinski definition) is 1. The maximum Gasteiger partial charge on any atom is 0.331 e. The number of hydrogen-bond acceptors (Lipinski definition) is 2. The van der Waals surface area contributed by atoms with Crippen molar-refractivity contribution < 1.29 is 14.6 Å². The summed E-state index contributed by atoms with van der Waals surface area (Å²) >= 11 is 0. The molecule has 12 heavy (non-hydrogen) atoms. The molecule has 0 aromatic carbocycles. The van der Waals surface area contributed by atoms with Crippen molar-refractivity contribution in [3.63, 3.8) is 0 Å². The monoisotopic (exact) mass is 170 g/mol. The Hall–Kier alpha value is -1.09. The Morgan fingerprint density at radius 3 is 2.75 bits per heavy atom. The predicted octanol–water partition coefficient (Wildman–Crippen LogP) is 1.61. The van der Waals surface area contributed by atoms with Gasteiger partial charge in [0.1, 0.15) is 0 Å². The van der Waals surface area contributed by atoms with Gasteiger partial charge in [0.05, 0.1) is 12.7 Å². The Morgan fingerprint density at radius 1 is 1.75 bits per heavy atom. The molecule has 0 bridgehead atoms. The molecule has 3 heteroatoms. The van der Waals surface area contributed by atoms with E-state index in [0.29, 0.717) is 12.2 Å². The summed E-state index contributed by atoms with van der Waals surface area (Å²) in [6.07, 6.45) is 3.01. The molecule has 0 saturated carbocycles. The molecule has 0 heterocycles. The van der Waals surface area contributed by atoms with Crippen LogP contribution in [0.5, 0.6) is 0 Å². The van der Waals surface area contributed by atoms with Crippen LogP contribution < -0.4 is 0 Å². The maximum atomic E-state index is 10.4. The zero-order valence-corrected chi connectivity index (χ0v) is 7.41. The summed E-state index contributed by atoms with van der Waals surface area (Å²) in [7, 11) is 0. The first-order chi connectivity index (χ1) is 5.57. The zero-order chi connectivity index (χ0) is 9.56. The lowest BCUT2D eigenvalue weighted by Crippen LogP contribution is -2.07. The van der Waals surface area contributed by atoms with Crippen LogP contribution in [0.15, 0.2) is 24.3 Å². The van der Waals surface area contributed by atoms with Crippen LogP contribution in [0.1, 0.15) is 13.8 Å². The number of ether oxygens (including phenoxy) is 1. The van der Waals surface area contributed by atoms with Crippen molar-refractivity contribution in [1.29, 1.82) is 0 Å². The quantitative estimate of drug-likeness (QED) is 0.503. The molecule has 0 fully saturated rings. The third-order valence-electron chi connectivity index (χ3n) is 1.30. The number of rotatable bonds is 5. The standard InChI is InChI=1S/C9H14O3/c1-4-5-12-8(3)6-7(2)9(10)11/h4,6,8H,1,5H2,2-3H3,(H,10,11). The van der Waals surface area contributed by atoms with Crippen molar-refractivity contribution >= 4 is 5.97 Å². The van der Waals surface area contributed by atoms with Gasteiger partial charge in [0.25, 0.3) is 0 Å². The number of carbonyl (C=O) groups is 1. The molecule has 68 valence electrons. The normalized spacial score (nSPS) is 14.0. The van der Waals surface area contributed by atoms with Crippen molar-refractivity contribution in [2.45, 2.75) is 20.0 Å². The summed E-state index contributed by atoms with van der Waals surface area (Å²) in [6, 6.07) is 0. The van der Waals surface area contributed by atoms with E-state index in [1.54, 1.807) is 19.1 Å². The lowest BCUT2D eigenvalue weighted by Gasteiger charge is -2.06. The second-order valence-electron chi connectivity index (χ2n) is 2.48. The van der Waals surface area contributed by atoms with E-state index in [1.165, 1.54) is 6.92 Å². The Labute approximate surface area is 72.3 Å². The van der Waals surface area contributed by atoms with Gasteiger partial charge < -0.3 is 9.84 Å². The molecule has 0 rings (SSSR count). The number of carboxylic acid groups (broad SMARTS) is 1. The Kier molecular flexibility index (Phi) is 5.04. The smallest absolute Gasteiger partial charge is 0.331 e. The second-order valence-corrected chi connectivity index (χ2v) is 2.48. The first-order valence-electron chi connectivity index (χ1n) is 3.72. The fourth-order valence-electron chi connectivity index (χ4n) is 0.691. The Balaban J connectivity index is 3.95. The molecule has 0 aliphatic rings. The van der Waals surface area contributed by atoms with Gasteiger partial charge in [0.2, 0.25) is 0 Å². The highest BCUT2D eigenvalue weighted by atomic mass is 16.5. The first kappa shape index (κ1) is 10.9. The van der Waals surface area contributed by atoms with Gasteiger partial charge in [0.15, 0.2) is 0 Å². The van der Waals surface area contributed by atoms with Crippen LogP contribution in [0.25, 0.3) is 0 Å². The molecule has 3 nitrogen and oxygen atoms in total. The summed E-state index contributed by atoms with van der Waals surface area (Å²) in [5, 5.41) is 8.51. The van der Waals surface area contributed by atoms with E-state index in [1.807, 2.05) is 0 Å². The van der Waals surface area contributed by atoms with Gasteiger partial charge >= 0.3 is 5.97 Å². The Morgan fingerprint density at radius 2 is 2.33 bits per heavy atom. The van der Waals surface area contributed by atoms with Gasteiger partial charge in [-0.2, -0.15) is 0 Å². The van der Waals surface area contributed by atoms with Gasteiger partial charge in [-0.1, -0.05) is 6.08 Å². The van der Waals surface area contributed by atoms with E-state index >= 15 is 0 Å². The highest BCUT2D eigenvalue weighted by Crippen LogP contribution is 1.99. The van der Waals surface area contributed by atoms with Crippen LogP contribution in [0.3, 0.4) is 0 Å². The van der Waals surface area contributed by atoms with E-state index in [9.17, 15) is 4.79 Å². The Bertz CT molecular complexity index is 194. The topological polar surface area (TPSA) is 46.5 Å². The lowest BCUT2D eigenvalue weighted by molar-refractivity contribution is -0.132. The summed E-state index contributed by atoms with van der Waals surface area (Å²) in [6.45, 7) is 7.25. The van der Waals surface area contributed by atoms with Crippen LogP contribution in [0.2, 0.25) is 0 Å². The van der Waals surface area contributed by atoms with Crippen molar-refractivity contribution in [3.8, 4) is 0 Å². The zero-order valence-electron chi connectivity index (χ0n) is 7.41. The van der Waals surface area contributed by atoms with Crippen LogP contribution >= 0.6 is 0 Å². The molecular weight excluding hydrogens is 156 g/mol. The third kappa shape index (κ3) is 4.68. The van der Waals surface area contributed by atoms with Crippen LogP contribution in [-0.2, 0) is 9.53 Å². The fourth-order valence-corrected chi connectivity index (χ4v) is 0.691. The van der Waals surface area contributed by atoms with Gasteiger partial charge in [-0.15, -0.1) is 6.58 Å². The van der Waals surface area contributed by atoms with E-state index in [4.69, 9.17) is 9.84 Å². The molecular formula is C9H14O3. The van der Waals surface area contributed by atoms with Crippen molar-refractivity contribution in [3.05, 3.63) is 24.3 Å². The minimum absolute atomic E-state index is 0.181. The highest BCUT2D eigenvalue weighted by molar-refractivity contribution is 5.85. The lowest BCUT2D eigenvalue weighted by atomic mass is 10.2. The number of carboxylic acids is 1. The minimum Gasteiger partial charge on any atom is -0.478 e. The first-order valence-corrected chi connectivity index (χ1v) is 3.72. The molecule has 0 saturated heterocycles. The molecule has 0 aliphatic heterocycles. The fraction of sp³-hybridized carbons (Fsp3) is 0.444. The molecule has 0 spiro atoms. The average molecular weight is 170 g/mol. The van der Waals surface area contributed by atoms with Crippen molar-refractivity contribution in [1.82, 2.24) is 0 Å². The highest BCUT2D eigenvalue weighted by Gasteiger charge is 2.02. The summed E-state index contributed by atoms with van der Waals surface area (Å²) in [5.41, 5.74) is 0.298. The molecule has 1 unspecified atom stereocenters. The molecule has 0 radical (unpaired) electrons. The second kappa shape index (κ2) is 5.55. The molecule has 1 N–H and O–H groups in total. The summed E-state index contributed by atoms with van der Waals surface area (Å²) < 4.78 is 5.15. The largest absolute Gasteiger partial charge is 0.478 e. The van der Waals surface area contributed by atoms with E-state index in [2.05, 4.69) is 6.58 Å². The molecule has 0 aromatic heterocycles. The van der Waals surface area contributed by atoms with E-state index < -0.39 is 5.97 Å². The molecule has 0 aliphatic carbocycles. The summed E-state index contributed by atoms with van der Waals surface area (Å²) in [4.78, 5) is 10.4. The molecule has 1 atom stereocenters. The number of aliphatic carboxylic acids is 1. The average Bonchev–Trinajstić information content (AvgIpc) is 2.00. The van der Waals surface area contributed by atoms with Crippen LogP contribution in [-0.4, -0.2) is 23.8 Å². The van der Waals surface area contributed by atoms with Crippen molar-refractivity contribution in [2.75, 3.05) is 6.61 Å². The van der Waals surface area contributed by atoms with Gasteiger partial charge in [0, 0.05) is 5.57 Å². The van der Waals surface area contributed by atoms with Crippen molar-refractivity contribution in [2.24, 2.45) is 0 Å². The van der Waals surface area contributed by atoms with Crippen LogP contribution in [0, 0.1) is 0 Å². The SMILES string of the molecule is C=CCOC(C)C=C(C)C(=O)O. The van der Waals surface area contributed by atoms with E-state index in [0.717, 1.165) is 0 Å². The van der Waals surface area contributed by atoms with Gasteiger partial charge in [-0.05, 0) is 19.9 Å². The van der Waals surface area contributed by atoms with Crippen LogP contribution in [0.4, 0.5) is 0 Å². The third-order valence-corrected chi connectivity index (χ3v) is 1.30.